The molecule has 0 spiro atoms. The number of dihydropyridines is 1. The summed E-state index contributed by atoms with van der Waals surface area (Å²) in [4.78, 5) is 41.2. The van der Waals surface area contributed by atoms with E-state index in [1.165, 1.54) is 24.4 Å². The van der Waals surface area contributed by atoms with Crippen molar-refractivity contribution in [3.8, 4) is 0 Å². The second kappa shape index (κ2) is 7.90. The third-order valence-corrected chi connectivity index (χ3v) is 4.34. The lowest BCUT2D eigenvalue weighted by Crippen LogP contribution is -2.48. The number of aliphatic imine (C=N–C) groups is 1. The molecule has 1 saturated heterocycles. The highest BCUT2D eigenvalue weighted by Gasteiger charge is 2.30. The van der Waals surface area contributed by atoms with Crippen LogP contribution in [-0.4, -0.2) is 54.6 Å². The van der Waals surface area contributed by atoms with Crippen molar-refractivity contribution in [2.75, 3.05) is 19.6 Å². The van der Waals surface area contributed by atoms with Gasteiger partial charge in [-0.15, -0.1) is 0 Å². The van der Waals surface area contributed by atoms with E-state index >= 15 is 0 Å². The van der Waals surface area contributed by atoms with Crippen molar-refractivity contribution in [3.05, 3.63) is 47.8 Å². The van der Waals surface area contributed by atoms with Crippen molar-refractivity contribution in [2.45, 2.75) is 12.5 Å². The van der Waals surface area contributed by atoms with Gasteiger partial charge in [0.1, 0.15) is 11.7 Å². The predicted molar refractivity (Wildman–Crippen MR) is 93.1 cm³/mol. The summed E-state index contributed by atoms with van der Waals surface area (Å²) in [6.45, 7) is 1.18. The zero-order valence-corrected chi connectivity index (χ0v) is 14.0. The lowest BCUT2D eigenvalue weighted by molar-refractivity contribution is -0.131. The summed E-state index contributed by atoms with van der Waals surface area (Å²) in [6.07, 6.45) is 4.75. The standard InChI is InChI=1S/C18H19FN4O3/c19-13-4-1-3-12(9-13)10-14(23-8-7-21-18(23)26)11-22-17(25)15-5-2-6-20-16(15)24/h1-6,9,14-15H,7-8,10-11H2,(H,21,26)(H,22,25). The Morgan fingerprint density at radius 2 is 2.27 bits per heavy atom. The number of nitrogens with zero attached hydrogens (tertiary/aromatic N) is 2. The molecule has 26 heavy (non-hydrogen) atoms. The van der Waals surface area contributed by atoms with Crippen molar-refractivity contribution in [1.82, 2.24) is 15.5 Å². The normalized spacial score (nSPS) is 20.2. The van der Waals surface area contributed by atoms with Gasteiger partial charge in [0.2, 0.25) is 5.91 Å². The highest BCUT2D eigenvalue weighted by Crippen LogP contribution is 2.13. The van der Waals surface area contributed by atoms with Crippen molar-refractivity contribution in [3.63, 3.8) is 0 Å². The Hall–Kier alpha value is -3.03. The van der Waals surface area contributed by atoms with Crippen LogP contribution >= 0.6 is 0 Å². The SMILES string of the molecule is O=C1N=CC=CC1C(=O)NCC(Cc1cccc(F)c1)N1CCNC1=O. The topological polar surface area (TPSA) is 90.9 Å². The third-order valence-electron chi connectivity index (χ3n) is 4.34. The number of carbonyl (C=O) groups is 3. The van der Waals surface area contributed by atoms with Crippen LogP contribution in [0.4, 0.5) is 9.18 Å². The minimum atomic E-state index is -0.956. The average Bonchev–Trinajstić information content (AvgIpc) is 3.04. The first-order valence-electron chi connectivity index (χ1n) is 8.36. The van der Waals surface area contributed by atoms with Gasteiger partial charge in [0, 0.05) is 25.8 Å². The lowest BCUT2D eigenvalue weighted by Gasteiger charge is -2.27. The molecule has 2 aliphatic heterocycles. The number of nitrogens with one attached hydrogen (secondary N) is 2. The van der Waals surface area contributed by atoms with Crippen LogP contribution in [0.3, 0.4) is 0 Å². The Morgan fingerprint density at radius 1 is 1.42 bits per heavy atom. The molecule has 2 unspecified atom stereocenters. The number of hydrogen-bond donors (Lipinski definition) is 2. The molecule has 1 aromatic carbocycles. The van der Waals surface area contributed by atoms with Crippen LogP contribution < -0.4 is 10.6 Å². The Bertz CT molecular complexity index is 777. The zero-order chi connectivity index (χ0) is 18.5. The van der Waals surface area contributed by atoms with E-state index in [0.717, 1.165) is 5.56 Å². The molecule has 7 nitrogen and oxygen atoms in total. The van der Waals surface area contributed by atoms with Crippen molar-refractivity contribution in [2.24, 2.45) is 10.9 Å². The van der Waals surface area contributed by atoms with Crippen LogP contribution in [0, 0.1) is 11.7 Å². The second-order valence-electron chi connectivity index (χ2n) is 6.14. The molecule has 2 N–H and O–H groups in total. The number of hydrogen-bond acceptors (Lipinski definition) is 3. The Balaban J connectivity index is 1.68. The molecule has 136 valence electrons. The molecule has 0 saturated carbocycles. The number of benzene rings is 1. The predicted octanol–water partition coefficient (Wildman–Crippen LogP) is 0.662. The van der Waals surface area contributed by atoms with Gasteiger partial charge in [-0.25, -0.2) is 14.2 Å². The van der Waals surface area contributed by atoms with Gasteiger partial charge in [-0.05, 0) is 30.2 Å². The van der Waals surface area contributed by atoms with Crippen LogP contribution in [0.1, 0.15) is 5.56 Å². The maximum Gasteiger partial charge on any atom is 0.317 e. The molecular weight excluding hydrogens is 339 g/mol. The number of carbonyl (C=O) groups excluding carboxylic acids is 3. The molecule has 1 aromatic rings. The molecular formula is C18H19FN4O3. The molecule has 0 radical (unpaired) electrons. The molecule has 4 amide bonds. The van der Waals surface area contributed by atoms with E-state index in [1.807, 2.05) is 0 Å². The van der Waals surface area contributed by atoms with Gasteiger partial charge in [-0.1, -0.05) is 18.2 Å². The van der Waals surface area contributed by atoms with Crippen LogP contribution in [-0.2, 0) is 16.0 Å². The quantitative estimate of drug-likeness (QED) is 0.732. The van der Waals surface area contributed by atoms with Gasteiger partial charge in [-0.3, -0.25) is 9.59 Å². The number of urea groups is 1. The molecule has 0 aliphatic carbocycles. The first kappa shape index (κ1) is 17.8. The Labute approximate surface area is 150 Å². The number of halogens is 1. The van der Waals surface area contributed by atoms with Crippen LogP contribution in [0.2, 0.25) is 0 Å². The summed E-state index contributed by atoms with van der Waals surface area (Å²) in [5.41, 5.74) is 0.724. The van der Waals surface area contributed by atoms with E-state index in [1.54, 1.807) is 23.1 Å². The van der Waals surface area contributed by atoms with Gasteiger partial charge in [0.15, 0.2) is 0 Å². The Kier molecular flexibility index (Phi) is 5.40. The van der Waals surface area contributed by atoms with Gasteiger partial charge >= 0.3 is 6.03 Å². The minimum absolute atomic E-state index is 0.157. The molecule has 3 rings (SSSR count). The largest absolute Gasteiger partial charge is 0.353 e. The summed E-state index contributed by atoms with van der Waals surface area (Å²) in [5.74, 6) is -2.30. The molecule has 0 aromatic heterocycles. The summed E-state index contributed by atoms with van der Waals surface area (Å²) < 4.78 is 13.5. The van der Waals surface area contributed by atoms with Crippen molar-refractivity contribution in [1.29, 1.82) is 0 Å². The summed E-state index contributed by atoms with van der Waals surface area (Å²) in [7, 11) is 0. The second-order valence-corrected chi connectivity index (χ2v) is 6.14. The van der Waals surface area contributed by atoms with Crippen LogP contribution in [0.25, 0.3) is 0 Å². The Morgan fingerprint density at radius 3 is 2.96 bits per heavy atom. The molecule has 1 fully saturated rings. The fourth-order valence-corrected chi connectivity index (χ4v) is 3.03. The maximum absolute atomic E-state index is 13.5. The van der Waals surface area contributed by atoms with E-state index in [2.05, 4.69) is 15.6 Å². The van der Waals surface area contributed by atoms with Gasteiger partial charge < -0.3 is 15.5 Å². The van der Waals surface area contributed by atoms with Crippen molar-refractivity contribution < 1.29 is 18.8 Å². The average molecular weight is 358 g/mol. The van der Waals surface area contributed by atoms with Crippen LogP contribution in [0.15, 0.2) is 41.4 Å². The van der Waals surface area contributed by atoms with Gasteiger partial charge in [-0.2, -0.15) is 0 Å². The number of rotatable bonds is 6. The smallest absolute Gasteiger partial charge is 0.317 e. The fourth-order valence-electron chi connectivity index (χ4n) is 3.03. The first-order chi connectivity index (χ1) is 12.5. The molecule has 2 aliphatic rings. The minimum Gasteiger partial charge on any atom is -0.353 e. The molecule has 2 heterocycles. The monoisotopic (exact) mass is 358 g/mol. The van der Waals surface area contributed by atoms with Gasteiger partial charge in [0.05, 0.1) is 6.04 Å². The molecule has 2 atom stereocenters. The summed E-state index contributed by atoms with van der Waals surface area (Å²) in [5, 5.41) is 5.44. The maximum atomic E-state index is 13.5. The van der Waals surface area contributed by atoms with E-state index in [-0.39, 0.29) is 24.4 Å². The highest BCUT2D eigenvalue weighted by atomic mass is 19.1. The van der Waals surface area contributed by atoms with E-state index in [4.69, 9.17) is 0 Å². The number of amides is 4. The van der Waals surface area contributed by atoms with Crippen molar-refractivity contribution >= 4 is 24.1 Å². The highest BCUT2D eigenvalue weighted by molar-refractivity contribution is 6.07. The van der Waals surface area contributed by atoms with E-state index in [0.29, 0.717) is 19.5 Å². The first-order valence-corrected chi connectivity index (χ1v) is 8.36. The summed E-state index contributed by atoms with van der Waals surface area (Å²) in [6, 6.07) is 5.56. The molecule has 8 heteroatoms. The molecule has 0 bridgehead atoms. The van der Waals surface area contributed by atoms with E-state index < -0.39 is 17.7 Å². The third kappa shape index (κ3) is 4.14. The summed E-state index contributed by atoms with van der Waals surface area (Å²) >= 11 is 0. The zero-order valence-electron chi connectivity index (χ0n) is 14.0. The van der Waals surface area contributed by atoms with Gasteiger partial charge in [0.25, 0.3) is 5.91 Å². The fraction of sp³-hybridized carbons (Fsp3) is 0.333. The van der Waals surface area contributed by atoms with Crippen LogP contribution in [0.5, 0.6) is 0 Å². The number of allylic oxidation sites excluding steroid dienone is 1. The van der Waals surface area contributed by atoms with E-state index in [9.17, 15) is 18.8 Å². The lowest BCUT2D eigenvalue weighted by atomic mass is 10.0.